The molecule has 0 amide bonds. The summed E-state index contributed by atoms with van der Waals surface area (Å²) >= 11 is 0. The van der Waals surface area contributed by atoms with Crippen LogP contribution in [0.3, 0.4) is 0 Å². The highest BCUT2D eigenvalue weighted by Crippen LogP contribution is 2.13. The van der Waals surface area contributed by atoms with Gasteiger partial charge >= 0.3 is 0 Å². The van der Waals surface area contributed by atoms with Gasteiger partial charge in [0.05, 0.1) is 6.61 Å². The quantitative estimate of drug-likeness (QED) is 0.734. The largest absolute Gasteiger partial charge is 0.508 e. The van der Waals surface area contributed by atoms with Crippen LogP contribution in [0.2, 0.25) is 0 Å². The second kappa shape index (κ2) is 9.33. The van der Waals surface area contributed by atoms with Crippen molar-refractivity contribution in [3.05, 3.63) is 65.2 Å². The third-order valence-electron chi connectivity index (χ3n) is 4.02. The summed E-state index contributed by atoms with van der Waals surface area (Å²) < 4.78 is 5.53. The molecule has 0 aliphatic carbocycles. The van der Waals surface area contributed by atoms with E-state index in [1.165, 1.54) is 16.7 Å². The van der Waals surface area contributed by atoms with E-state index in [1.807, 2.05) is 19.1 Å². The summed E-state index contributed by atoms with van der Waals surface area (Å²) in [6.45, 7) is 6.51. The van der Waals surface area contributed by atoms with Gasteiger partial charge in [0.2, 0.25) is 0 Å². The number of ether oxygens (including phenoxy) is 1. The van der Waals surface area contributed by atoms with Crippen LogP contribution in [0, 0.1) is 0 Å². The molecule has 23 heavy (non-hydrogen) atoms. The fourth-order valence-corrected chi connectivity index (χ4v) is 2.51. The summed E-state index contributed by atoms with van der Waals surface area (Å²) in [5.74, 6) is 0.325. The lowest BCUT2D eigenvalue weighted by Gasteiger charge is -2.16. The topological polar surface area (TPSA) is 41.5 Å². The Morgan fingerprint density at radius 1 is 1.04 bits per heavy atom. The minimum atomic E-state index is 0.325. The highest BCUT2D eigenvalue weighted by atomic mass is 16.5. The van der Waals surface area contributed by atoms with Gasteiger partial charge in [-0.2, -0.15) is 0 Å². The van der Waals surface area contributed by atoms with Crippen molar-refractivity contribution in [2.24, 2.45) is 0 Å². The number of hydrogen-bond acceptors (Lipinski definition) is 3. The van der Waals surface area contributed by atoms with Gasteiger partial charge in [-0.05, 0) is 55.5 Å². The average Bonchev–Trinajstić information content (AvgIpc) is 2.58. The zero-order valence-corrected chi connectivity index (χ0v) is 14.1. The van der Waals surface area contributed by atoms with Crippen LogP contribution in [0.4, 0.5) is 0 Å². The number of aromatic hydroxyl groups is 1. The molecular weight excluding hydrogens is 286 g/mol. The van der Waals surface area contributed by atoms with Crippen LogP contribution in [0.5, 0.6) is 5.75 Å². The van der Waals surface area contributed by atoms with Gasteiger partial charge in [-0.15, -0.1) is 0 Å². The van der Waals surface area contributed by atoms with Gasteiger partial charge in [0.15, 0.2) is 0 Å². The van der Waals surface area contributed by atoms with E-state index in [4.69, 9.17) is 4.74 Å². The molecule has 3 heteroatoms. The Balaban J connectivity index is 1.79. The Morgan fingerprint density at radius 2 is 1.74 bits per heavy atom. The number of phenolic OH excluding ortho intramolecular Hbond substituents is 1. The SMILES string of the molecule is CCOCc1ccccc1CNC(C)CCc1ccc(O)cc1. The molecule has 124 valence electrons. The molecule has 1 atom stereocenters. The second-order valence-electron chi connectivity index (χ2n) is 5.89. The van der Waals surface area contributed by atoms with E-state index < -0.39 is 0 Å². The van der Waals surface area contributed by atoms with E-state index in [-0.39, 0.29) is 0 Å². The molecule has 0 aromatic heterocycles. The van der Waals surface area contributed by atoms with Crippen LogP contribution in [0.25, 0.3) is 0 Å². The molecule has 0 fully saturated rings. The highest BCUT2D eigenvalue weighted by Gasteiger charge is 2.06. The van der Waals surface area contributed by atoms with Crippen LogP contribution in [-0.2, 0) is 24.3 Å². The first-order valence-corrected chi connectivity index (χ1v) is 8.35. The van der Waals surface area contributed by atoms with Crippen LogP contribution >= 0.6 is 0 Å². The minimum Gasteiger partial charge on any atom is -0.508 e. The van der Waals surface area contributed by atoms with Crippen molar-refractivity contribution in [3.8, 4) is 5.75 Å². The zero-order chi connectivity index (χ0) is 16.5. The van der Waals surface area contributed by atoms with Gasteiger partial charge in [-0.25, -0.2) is 0 Å². The maximum Gasteiger partial charge on any atom is 0.115 e. The first-order chi connectivity index (χ1) is 11.2. The predicted molar refractivity (Wildman–Crippen MR) is 94.5 cm³/mol. The Kier molecular flexibility index (Phi) is 7.11. The van der Waals surface area contributed by atoms with Crippen LogP contribution in [0.1, 0.15) is 37.0 Å². The average molecular weight is 313 g/mol. The highest BCUT2D eigenvalue weighted by molar-refractivity contribution is 5.27. The Hall–Kier alpha value is -1.84. The molecule has 0 aliphatic heterocycles. The maximum atomic E-state index is 9.31. The Labute approximate surface area is 139 Å². The zero-order valence-electron chi connectivity index (χ0n) is 14.1. The van der Waals surface area contributed by atoms with Crippen LogP contribution in [0.15, 0.2) is 48.5 Å². The third kappa shape index (κ3) is 6.05. The number of hydrogen-bond donors (Lipinski definition) is 2. The minimum absolute atomic E-state index is 0.325. The molecule has 2 N–H and O–H groups in total. The van der Waals surface area contributed by atoms with Crippen molar-refractivity contribution in [1.82, 2.24) is 5.32 Å². The van der Waals surface area contributed by atoms with Crippen molar-refractivity contribution >= 4 is 0 Å². The molecule has 0 heterocycles. The molecule has 0 bridgehead atoms. The lowest BCUT2D eigenvalue weighted by atomic mass is 10.0. The van der Waals surface area contributed by atoms with Gasteiger partial charge in [-0.1, -0.05) is 36.4 Å². The van der Waals surface area contributed by atoms with E-state index in [2.05, 4.69) is 36.5 Å². The van der Waals surface area contributed by atoms with Gasteiger partial charge in [0.1, 0.15) is 5.75 Å². The van der Waals surface area contributed by atoms with E-state index in [1.54, 1.807) is 12.1 Å². The molecule has 0 saturated heterocycles. The second-order valence-corrected chi connectivity index (χ2v) is 5.89. The maximum absolute atomic E-state index is 9.31. The number of benzene rings is 2. The van der Waals surface area contributed by atoms with Gasteiger partial charge in [0, 0.05) is 19.2 Å². The number of phenols is 1. The molecule has 2 aromatic carbocycles. The smallest absolute Gasteiger partial charge is 0.115 e. The van der Waals surface area contributed by atoms with E-state index >= 15 is 0 Å². The first kappa shape index (κ1) is 17.5. The standard InChI is InChI=1S/C20H27NO2/c1-3-23-15-19-7-5-4-6-18(19)14-21-16(2)8-9-17-10-12-20(22)13-11-17/h4-7,10-13,16,21-22H,3,8-9,14-15H2,1-2H3. The molecule has 0 spiro atoms. The number of rotatable bonds is 9. The third-order valence-corrected chi connectivity index (χ3v) is 4.02. The summed E-state index contributed by atoms with van der Waals surface area (Å²) in [6, 6.07) is 16.3. The summed E-state index contributed by atoms with van der Waals surface area (Å²) in [4.78, 5) is 0. The molecule has 3 nitrogen and oxygen atoms in total. The normalized spacial score (nSPS) is 12.3. The molecule has 0 aliphatic rings. The van der Waals surface area contributed by atoms with Crippen molar-refractivity contribution < 1.29 is 9.84 Å². The van der Waals surface area contributed by atoms with E-state index in [9.17, 15) is 5.11 Å². The van der Waals surface area contributed by atoms with Crippen LogP contribution < -0.4 is 5.32 Å². The van der Waals surface area contributed by atoms with Gasteiger partial charge in [-0.3, -0.25) is 0 Å². The summed E-state index contributed by atoms with van der Waals surface area (Å²) in [6.07, 6.45) is 2.08. The molecule has 2 rings (SSSR count). The van der Waals surface area contributed by atoms with Crippen molar-refractivity contribution in [1.29, 1.82) is 0 Å². The number of aryl methyl sites for hydroxylation is 1. The van der Waals surface area contributed by atoms with Gasteiger partial charge in [0.25, 0.3) is 0 Å². The first-order valence-electron chi connectivity index (χ1n) is 8.35. The predicted octanol–water partition coefficient (Wildman–Crippen LogP) is 4.04. The molecule has 0 radical (unpaired) electrons. The molecule has 0 saturated carbocycles. The Bertz CT molecular complexity index is 580. The van der Waals surface area contributed by atoms with E-state index in [0.29, 0.717) is 18.4 Å². The monoisotopic (exact) mass is 313 g/mol. The summed E-state index contributed by atoms with van der Waals surface area (Å²) in [5.41, 5.74) is 3.82. The fourth-order valence-electron chi connectivity index (χ4n) is 2.51. The van der Waals surface area contributed by atoms with Crippen molar-refractivity contribution in [3.63, 3.8) is 0 Å². The molecular formula is C20H27NO2. The number of nitrogens with one attached hydrogen (secondary N) is 1. The lowest BCUT2D eigenvalue weighted by molar-refractivity contribution is 0.133. The van der Waals surface area contributed by atoms with Crippen molar-refractivity contribution in [2.75, 3.05) is 6.61 Å². The molecule has 2 aromatic rings. The summed E-state index contributed by atoms with van der Waals surface area (Å²) in [5, 5.41) is 12.9. The van der Waals surface area contributed by atoms with Crippen LogP contribution in [-0.4, -0.2) is 17.8 Å². The van der Waals surface area contributed by atoms with Crippen molar-refractivity contribution in [2.45, 2.75) is 45.9 Å². The lowest BCUT2D eigenvalue weighted by Crippen LogP contribution is -2.26. The fraction of sp³-hybridized carbons (Fsp3) is 0.400. The van der Waals surface area contributed by atoms with Gasteiger partial charge < -0.3 is 15.2 Å². The summed E-state index contributed by atoms with van der Waals surface area (Å²) in [7, 11) is 0. The molecule has 1 unspecified atom stereocenters. The van der Waals surface area contributed by atoms with E-state index in [0.717, 1.165) is 26.0 Å². The Morgan fingerprint density at radius 3 is 2.43 bits per heavy atom.